The fourth-order valence-corrected chi connectivity index (χ4v) is 1.79. The number of thiol groups is 1. The molecule has 1 N–H and O–H groups in total. The minimum absolute atomic E-state index is 0.751. The average Bonchev–Trinajstić information content (AvgIpc) is 2.56. The summed E-state index contributed by atoms with van der Waals surface area (Å²) in [7, 11) is 0. The molecule has 0 saturated heterocycles. The zero-order valence-electron chi connectivity index (χ0n) is 7.71. The molecule has 0 fully saturated rings. The smallest absolute Gasteiger partial charge is 0.0468 e. The normalized spacial score (nSPS) is 10.5. The second kappa shape index (κ2) is 3.71. The molecule has 0 spiro atoms. The van der Waals surface area contributed by atoms with Crippen molar-refractivity contribution in [3.05, 3.63) is 41.0 Å². The third kappa shape index (κ3) is 1.81. The van der Waals surface area contributed by atoms with Crippen molar-refractivity contribution in [3.63, 3.8) is 0 Å². The van der Waals surface area contributed by atoms with E-state index < -0.39 is 0 Å². The Morgan fingerprint density at radius 3 is 2.71 bits per heavy atom. The van der Waals surface area contributed by atoms with Crippen molar-refractivity contribution >= 4 is 24.2 Å². The first kappa shape index (κ1) is 9.69. The highest BCUT2D eigenvalue weighted by molar-refractivity contribution is 7.80. The molecule has 0 amide bonds. The van der Waals surface area contributed by atoms with Crippen LogP contribution in [0.2, 0.25) is 5.02 Å². The molecule has 2 rings (SSSR count). The van der Waals surface area contributed by atoms with E-state index in [1.54, 1.807) is 0 Å². The van der Waals surface area contributed by atoms with Crippen LogP contribution in [0.4, 0.5) is 0 Å². The zero-order valence-corrected chi connectivity index (χ0v) is 9.36. The summed E-state index contributed by atoms with van der Waals surface area (Å²) < 4.78 is 0. The maximum Gasteiger partial charge on any atom is 0.0468 e. The molecule has 0 atom stereocenters. The number of aromatic nitrogens is 1. The zero-order chi connectivity index (χ0) is 10.1. The Morgan fingerprint density at radius 1 is 1.29 bits per heavy atom. The quantitative estimate of drug-likeness (QED) is 0.682. The van der Waals surface area contributed by atoms with Crippen LogP contribution in [-0.4, -0.2) is 4.98 Å². The number of hydrogen-bond acceptors (Lipinski definition) is 1. The van der Waals surface area contributed by atoms with Gasteiger partial charge in [0.25, 0.3) is 0 Å². The molecule has 1 heterocycles. The van der Waals surface area contributed by atoms with Gasteiger partial charge < -0.3 is 4.98 Å². The topological polar surface area (TPSA) is 15.8 Å². The van der Waals surface area contributed by atoms with Gasteiger partial charge in [0.05, 0.1) is 0 Å². The van der Waals surface area contributed by atoms with E-state index in [0.717, 1.165) is 21.2 Å². The van der Waals surface area contributed by atoms with Gasteiger partial charge in [-0.05, 0) is 30.7 Å². The van der Waals surface area contributed by atoms with E-state index in [1.807, 2.05) is 30.5 Å². The Balaban J connectivity index is 2.55. The van der Waals surface area contributed by atoms with Crippen LogP contribution >= 0.6 is 24.2 Å². The second-order valence-corrected chi connectivity index (χ2v) is 4.18. The van der Waals surface area contributed by atoms with Gasteiger partial charge in [0, 0.05) is 27.4 Å². The lowest BCUT2D eigenvalue weighted by atomic mass is 10.1. The summed E-state index contributed by atoms with van der Waals surface area (Å²) in [4.78, 5) is 4.08. The van der Waals surface area contributed by atoms with Crippen LogP contribution in [0.3, 0.4) is 0 Å². The first-order valence-corrected chi connectivity index (χ1v) is 5.13. The van der Waals surface area contributed by atoms with E-state index in [-0.39, 0.29) is 0 Å². The molecule has 72 valence electrons. The first-order valence-electron chi connectivity index (χ1n) is 4.31. The van der Waals surface area contributed by atoms with Gasteiger partial charge in [-0.15, -0.1) is 12.6 Å². The number of nitrogens with one attached hydrogen (secondary N) is 1. The van der Waals surface area contributed by atoms with Crippen LogP contribution in [0.5, 0.6) is 0 Å². The van der Waals surface area contributed by atoms with Crippen LogP contribution in [0.15, 0.2) is 35.4 Å². The number of halogens is 1. The van der Waals surface area contributed by atoms with E-state index in [0.29, 0.717) is 0 Å². The second-order valence-electron chi connectivity index (χ2n) is 3.23. The highest BCUT2D eigenvalue weighted by Gasteiger charge is 2.04. The molecule has 3 heteroatoms. The Bertz CT molecular complexity index is 462. The standard InChI is InChI=1S/C11H10ClNS/c1-7-2-3-8(12)4-10(7)11-5-9(14)6-13-11/h2-6,13-14H,1H3. The van der Waals surface area contributed by atoms with Crippen LogP contribution in [-0.2, 0) is 0 Å². The number of aromatic amines is 1. The van der Waals surface area contributed by atoms with Gasteiger partial charge in [0.15, 0.2) is 0 Å². The van der Waals surface area contributed by atoms with Crippen molar-refractivity contribution in [1.29, 1.82) is 0 Å². The molecule has 1 aromatic carbocycles. The van der Waals surface area contributed by atoms with Crippen LogP contribution in [0.25, 0.3) is 11.3 Å². The molecular formula is C11H10ClNS. The van der Waals surface area contributed by atoms with Gasteiger partial charge in [-0.1, -0.05) is 17.7 Å². The van der Waals surface area contributed by atoms with Crippen molar-refractivity contribution in [2.45, 2.75) is 11.8 Å². The van der Waals surface area contributed by atoms with Gasteiger partial charge in [-0.2, -0.15) is 0 Å². The summed E-state index contributed by atoms with van der Waals surface area (Å²) in [6.45, 7) is 2.06. The third-order valence-electron chi connectivity index (χ3n) is 2.16. The summed E-state index contributed by atoms with van der Waals surface area (Å²) in [5.41, 5.74) is 3.37. The molecule has 0 unspecified atom stereocenters. The monoisotopic (exact) mass is 223 g/mol. The van der Waals surface area contributed by atoms with Gasteiger partial charge in [-0.3, -0.25) is 0 Å². The van der Waals surface area contributed by atoms with Crippen molar-refractivity contribution < 1.29 is 0 Å². The lowest BCUT2D eigenvalue weighted by Crippen LogP contribution is -1.82. The van der Waals surface area contributed by atoms with Crippen LogP contribution < -0.4 is 0 Å². The number of benzene rings is 1. The Hall–Kier alpha value is -0.860. The maximum absolute atomic E-state index is 5.94. The minimum Gasteiger partial charge on any atom is -0.360 e. The van der Waals surface area contributed by atoms with Crippen molar-refractivity contribution in [2.75, 3.05) is 0 Å². The molecular weight excluding hydrogens is 214 g/mol. The minimum atomic E-state index is 0.751. The summed E-state index contributed by atoms with van der Waals surface area (Å²) in [5.74, 6) is 0. The average molecular weight is 224 g/mol. The van der Waals surface area contributed by atoms with Crippen LogP contribution in [0, 0.1) is 6.92 Å². The summed E-state index contributed by atoms with van der Waals surface area (Å²) in [6, 6.07) is 7.85. The summed E-state index contributed by atoms with van der Waals surface area (Å²) in [5, 5.41) is 0.751. The third-order valence-corrected chi connectivity index (χ3v) is 2.65. The van der Waals surface area contributed by atoms with Crippen molar-refractivity contribution in [2.24, 2.45) is 0 Å². The van der Waals surface area contributed by atoms with E-state index in [1.165, 1.54) is 5.56 Å². The number of hydrogen-bond donors (Lipinski definition) is 2. The largest absolute Gasteiger partial charge is 0.360 e. The molecule has 0 saturated carbocycles. The molecule has 1 aromatic heterocycles. The Morgan fingerprint density at radius 2 is 2.07 bits per heavy atom. The van der Waals surface area contributed by atoms with Gasteiger partial charge in [0.1, 0.15) is 0 Å². The van der Waals surface area contributed by atoms with E-state index >= 15 is 0 Å². The maximum atomic E-state index is 5.94. The number of aryl methyl sites for hydroxylation is 1. The summed E-state index contributed by atoms with van der Waals surface area (Å²) >= 11 is 10.2. The fourth-order valence-electron chi connectivity index (χ4n) is 1.42. The number of rotatable bonds is 1. The van der Waals surface area contributed by atoms with Crippen molar-refractivity contribution in [1.82, 2.24) is 4.98 Å². The molecule has 0 aliphatic heterocycles. The fraction of sp³-hybridized carbons (Fsp3) is 0.0909. The predicted octanol–water partition coefficient (Wildman–Crippen LogP) is 3.93. The van der Waals surface area contributed by atoms with Crippen molar-refractivity contribution in [3.8, 4) is 11.3 Å². The van der Waals surface area contributed by atoms with E-state index in [2.05, 4.69) is 24.5 Å². The first-order chi connectivity index (χ1) is 6.66. The van der Waals surface area contributed by atoms with Gasteiger partial charge >= 0.3 is 0 Å². The van der Waals surface area contributed by atoms with E-state index in [4.69, 9.17) is 11.6 Å². The molecule has 14 heavy (non-hydrogen) atoms. The molecule has 2 aromatic rings. The van der Waals surface area contributed by atoms with Gasteiger partial charge in [-0.25, -0.2) is 0 Å². The molecule has 1 nitrogen and oxygen atoms in total. The highest BCUT2D eigenvalue weighted by atomic mass is 35.5. The van der Waals surface area contributed by atoms with E-state index in [9.17, 15) is 0 Å². The molecule has 0 aliphatic carbocycles. The lowest BCUT2D eigenvalue weighted by Gasteiger charge is -2.03. The predicted molar refractivity (Wildman–Crippen MR) is 63.2 cm³/mol. The SMILES string of the molecule is Cc1ccc(Cl)cc1-c1cc(S)c[nH]1. The molecule has 0 radical (unpaired) electrons. The molecule has 0 aliphatic rings. The Labute approximate surface area is 93.5 Å². The highest BCUT2D eigenvalue weighted by Crippen LogP contribution is 2.26. The number of H-pyrrole nitrogens is 1. The van der Waals surface area contributed by atoms with Crippen LogP contribution in [0.1, 0.15) is 5.56 Å². The molecule has 0 bridgehead atoms. The van der Waals surface area contributed by atoms with Gasteiger partial charge in [0.2, 0.25) is 0 Å². The lowest BCUT2D eigenvalue weighted by molar-refractivity contribution is 1.35. The Kier molecular flexibility index (Phi) is 2.57. The summed E-state index contributed by atoms with van der Waals surface area (Å²) in [6.07, 6.45) is 1.86.